The first-order valence-electron chi connectivity index (χ1n) is 9.62. The van der Waals surface area contributed by atoms with Crippen molar-refractivity contribution in [3.8, 4) is 0 Å². The van der Waals surface area contributed by atoms with Crippen LogP contribution in [0.25, 0.3) is 0 Å². The van der Waals surface area contributed by atoms with Gasteiger partial charge < -0.3 is 10.1 Å². The molecule has 1 aromatic carbocycles. The minimum Gasteiger partial charge on any atom is -0.469 e. The summed E-state index contributed by atoms with van der Waals surface area (Å²) in [6.45, 7) is 0. The van der Waals surface area contributed by atoms with Gasteiger partial charge in [0.25, 0.3) is 0 Å². The number of rotatable bonds is 5. The molecule has 1 aliphatic carbocycles. The first kappa shape index (κ1) is 19.9. The molecule has 1 aliphatic heterocycles. The van der Waals surface area contributed by atoms with E-state index in [1.807, 2.05) is 0 Å². The number of fused-ring (bicyclic) bond motifs is 1. The molecule has 1 amide bonds. The highest BCUT2D eigenvalue weighted by atomic mass is 32.2. The van der Waals surface area contributed by atoms with Crippen molar-refractivity contribution in [3.05, 3.63) is 23.8 Å². The van der Waals surface area contributed by atoms with Gasteiger partial charge in [-0.25, -0.2) is 8.42 Å². The van der Waals surface area contributed by atoms with Gasteiger partial charge in [-0.05, 0) is 74.6 Å². The van der Waals surface area contributed by atoms with Crippen molar-refractivity contribution in [1.82, 2.24) is 0 Å². The molecule has 0 saturated heterocycles. The van der Waals surface area contributed by atoms with E-state index in [2.05, 4.69) is 5.32 Å². The number of amides is 1. The van der Waals surface area contributed by atoms with Crippen LogP contribution in [0.4, 0.5) is 5.69 Å². The summed E-state index contributed by atoms with van der Waals surface area (Å²) in [5.74, 6) is 0.236. The molecule has 1 fully saturated rings. The Labute approximate surface area is 160 Å². The highest BCUT2D eigenvalue weighted by Gasteiger charge is 2.28. The lowest BCUT2D eigenvalue weighted by Crippen LogP contribution is -2.24. The van der Waals surface area contributed by atoms with Gasteiger partial charge in [0, 0.05) is 12.1 Å². The zero-order valence-electron chi connectivity index (χ0n) is 15.7. The van der Waals surface area contributed by atoms with Crippen LogP contribution in [0.2, 0.25) is 0 Å². The Bertz CT molecular complexity index is 810. The maximum absolute atomic E-state index is 12.8. The lowest BCUT2D eigenvalue weighted by Gasteiger charge is -2.26. The molecular weight excluding hydrogens is 366 g/mol. The highest BCUT2D eigenvalue weighted by molar-refractivity contribution is 7.91. The standard InChI is InChI=1S/C20H27NO5S/c1-26-20(23)15-7-5-14(6-8-15)11-12-27(24,25)17-9-10-18-16(13-17)3-2-4-19(22)21-18/h9-10,13-15H,2-8,11-12H2,1H3,(H,21,22). The molecular formula is C20H27NO5S. The average Bonchev–Trinajstić information content (AvgIpc) is 2.86. The molecule has 6 nitrogen and oxygen atoms in total. The van der Waals surface area contributed by atoms with Crippen LogP contribution in [0.1, 0.15) is 50.5 Å². The normalized spacial score (nSPS) is 23.1. The van der Waals surface area contributed by atoms with Crippen LogP contribution in [-0.2, 0) is 30.6 Å². The van der Waals surface area contributed by atoms with E-state index < -0.39 is 9.84 Å². The van der Waals surface area contributed by atoms with Crippen LogP contribution in [0.5, 0.6) is 0 Å². The topological polar surface area (TPSA) is 89.5 Å². The minimum absolute atomic E-state index is 0.0214. The average molecular weight is 394 g/mol. The summed E-state index contributed by atoms with van der Waals surface area (Å²) in [4.78, 5) is 23.6. The number of ether oxygens (including phenoxy) is 1. The third-order valence-electron chi connectivity index (χ3n) is 5.74. The monoisotopic (exact) mass is 393 g/mol. The lowest BCUT2D eigenvalue weighted by molar-refractivity contribution is -0.146. The number of hydrogen-bond acceptors (Lipinski definition) is 5. The number of carbonyl (C=O) groups is 2. The number of anilines is 1. The van der Waals surface area contributed by atoms with Gasteiger partial charge in [0.15, 0.2) is 9.84 Å². The molecule has 3 rings (SSSR count). The summed E-state index contributed by atoms with van der Waals surface area (Å²) in [7, 11) is -1.95. The minimum atomic E-state index is -3.36. The molecule has 0 bridgehead atoms. The smallest absolute Gasteiger partial charge is 0.308 e. The van der Waals surface area contributed by atoms with E-state index in [1.54, 1.807) is 18.2 Å². The summed E-state index contributed by atoms with van der Waals surface area (Å²) in [6, 6.07) is 5.01. The Morgan fingerprint density at radius 3 is 2.63 bits per heavy atom. The maximum atomic E-state index is 12.8. The van der Waals surface area contributed by atoms with Crippen molar-refractivity contribution in [1.29, 1.82) is 0 Å². The summed E-state index contributed by atoms with van der Waals surface area (Å²) in [6.07, 6.45) is 5.79. The highest BCUT2D eigenvalue weighted by Crippen LogP contribution is 2.32. The second kappa shape index (κ2) is 8.42. The molecule has 1 aromatic rings. The molecule has 7 heteroatoms. The van der Waals surface area contributed by atoms with E-state index >= 15 is 0 Å². The SMILES string of the molecule is COC(=O)C1CCC(CCS(=O)(=O)c2ccc3c(c2)CCCC(=O)N3)CC1. The second-order valence-electron chi connectivity index (χ2n) is 7.57. The summed E-state index contributed by atoms with van der Waals surface area (Å²) >= 11 is 0. The largest absolute Gasteiger partial charge is 0.469 e. The molecule has 0 unspecified atom stereocenters. The number of benzene rings is 1. The molecule has 148 valence electrons. The van der Waals surface area contributed by atoms with E-state index in [1.165, 1.54) is 7.11 Å². The number of hydrogen-bond donors (Lipinski definition) is 1. The molecule has 1 saturated carbocycles. The zero-order chi connectivity index (χ0) is 19.4. The number of aryl methyl sites for hydroxylation is 1. The van der Waals surface area contributed by atoms with Crippen LogP contribution in [0.3, 0.4) is 0 Å². The Kier molecular flexibility index (Phi) is 6.19. The van der Waals surface area contributed by atoms with Crippen molar-refractivity contribution < 1.29 is 22.7 Å². The molecule has 0 aromatic heterocycles. The molecule has 0 spiro atoms. The maximum Gasteiger partial charge on any atom is 0.308 e. The van der Waals surface area contributed by atoms with Gasteiger partial charge in [0.1, 0.15) is 0 Å². The fourth-order valence-electron chi connectivity index (χ4n) is 4.04. The molecule has 1 heterocycles. The van der Waals surface area contributed by atoms with Crippen LogP contribution in [0, 0.1) is 11.8 Å². The Balaban J connectivity index is 1.60. The fourth-order valence-corrected chi connectivity index (χ4v) is 5.51. The first-order chi connectivity index (χ1) is 12.9. The third kappa shape index (κ3) is 4.89. The van der Waals surface area contributed by atoms with Gasteiger partial charge in [0.05, 0.1) is 23.7 Å². The van der Waals surface area contributed by atoms with Gasteiger partial charge in [-0.2, -0.15) is 0 Å². The van der Waals surface area contributed by atoms with Crippen molar-refractivity contribution in [3.63, 3.8) is 0 Å². The Hall–Kier alpha value is -1.89. The van der Waals surface area contributed by atoms with Gasteiger partial charge in [-0.1, -0.05) is 0 Å². The van der Waals surface area contributed by atoms with E-state index in [0.29, 0.717) is 30.1 Å². The summed E-state index contributed by atoms with van der Waals surface area (Å²) in [5.41, 5.74) is 1.61. The van der Waals surface area contributed by atoms with Gasteiger partial charge in [-0.15, -0.1) is 0 Å². The van der Waals surface area contributed by atoms with E-state index in [9.17, 15) is 18.0 Å². The molecule has 0 atom stereocenters. The van der Waals surface area contributed by atoms with Crippen LogP contribution < -0.4 is 5.32 Å². The Morgan fingerprint density at radius 2 is 1.93 bits per heavy atom. The predicted molar refractivity (Wildman–Crippen MR) is 102 cm³/mol. The number of carbonyl (C=O) groups excluding carboxylic acids is 2. The predicted octanol–water partition coefficient (Wildman–Crippen LogP) is 3.10. The molecule has 0 radical (unpaired) electrons. The third-order valence-corrected chi connectivity index (χ3v) is 7.48. The quantitative estimate of drug-likeness (QED) is 0.777. The molecule has 2 aliphatic rings. The van der Waals surface area contributed by atoms with E-state index in [4.69, 9.17) is 4.74 Å². The summed E-state index contributed by atoms with van der Waals surface area (Å²) < 4.78 is 30.3. The number of esters is 1. The van der Waals surface area contributed by atoms with Crippen molar-refractivity contribution in [2.45, 2.75) is 56.3 Å². The zero-order valence-corrected chi connectivity index (χ0v) is 16.5. The second-order valence-corrected chi connectivity index (χ2v) is 9.68. The van der Waals surface area contributed by atoms with E-state index in [0.717, 1.165) is 43.4 Å². The van der Waals surface area contributed by atoms with Crippen LogP contribution in [0.15, 0.2) is 23.1 Å². The molecule has 1 N–H and O–H groups in total. The van der Waals surface area contributed by atoms with Crippen molar-refractivity contribution in [2.75, 3.05) is 18.2 Å². The fraction of sp³-hybridized carbons (Fsp3) is 0.600. The van der Waals surface area contributed by atoms with Crippen LogP contribution in [-0.4, -0.2) is 33.2 Å². The lowest BCUT2D eigenvalue weighted by atomic mass is 9.81. The van der Waals surface area contributed by atoms with Crippen molar-refractivity contribution in [2.24, 2.45) is 11.8 Å². The number of sulfone groups is 1. The Morgan fingerprint density at radius 1 is 1.19 bits per heavy atom. The number of nitrogens with one attached hydrogen (secondary N) is 1. The molecule has 27 heavy (non-hydrogen) atoms. The van der Waals surface area contributed by atoms with E-state index in [-0.39, 0.29) is 23.5 Å². The van der Waals surface area contributed by atoms with Gasteiger partial charge >= 0.3 is 5.97 Å². The number of methoxy groups -OCH3 is 1. The summed E-state index contributed by atoms with van der Waals surface area (Å²) in [5, 5.41) is 2.83. The van der Waals surface area contributed by atoms with Gasteiger partial charge in [-0.3, -0.25) is 9.59 Å². The van der Waals surface area contributed by atoms with Crippen molar-refractivity contribution >= 4 is 27.4 Å². The first-order valence-corrected chi connectivity index (χ1v) is 11.3. The van der Waals surface area contributed by atoms with Crippen LogP contribution >= 0.6 is 0 Å². The van der Waals surface area contributed by atoms with Gasteiger partial charge in [0.2, 0.25) is 5.91 Å².